The molecule has 2 aliphatic rings. The van der Waals surface area contributed by atoms with Gasteiger partial charge in [0.25, 0.3) is 0 Å². The summed E-state index contributed by atoms with van der Waals surface area (Å²) in [4.78, 5) is 32.0. The number of hydrogen-bond donors (Lipinski definition) is 0. The molecule has 0 radical (unpaired) electrons. The predicted molar refractivity (Wildman–Crippen MR) is 86.1 cm³/mol. The summed E-state index contributed by atoms with van der Waals surface area (Å²) in [5.41, 5.74) is -0.427. The molecule has 8 nitrogen and oxygen atoms in total. The van der Waals surface area contributed by atoms with Crippen molar-refractivity contribution in [2.45, 2.75) is 57.7 Å². The van der Waals surface area contributed by atoms with E-state index in [9.17, 15) is 9.59 Å². The van der Waals surface area contributed by atoms with E-state index in [1.54, 1.807) is 0 Å². The van der Waals surface area contributed by atoms with E-state index in [1.165, 1.54) is 17.3 Å². The molecule has 2 aliphatic heterocycles. The van der Waals surface area contributed by atoms with Gasteiger partial charge in [-0.25, -0.2) is 14.5 Å². The van der Waals surface area contributed by atoms with Crippen LogP contribution < -0.4 is 0 Å². The maximum absolute atomic E-state index is 12.3. The summed E-state index contributed by atoms with van der Waals surface area (Å²) in [6.45, 7) is 6.24. The van der Waals surface area contributed by atoms with E-state index in [4.69, 9.17) is 4.74 Å². The molecule has 0 bridgehead atoms. The Morgan fingerprint density at radius 3 is 2.79 bits per heavy atom. The number of carbonyl (C=O) groups excluding carboxylic acids is 2. The topological polar surface area (TPSA) is 80.6 Å². The molecule has 0 saturated carbocycles. The van der Waals surface area contributed by atoms with Crippen LogP contribution in [0.1, 0.15) is 39.5 Å². The van der Waals surface area contributed by atoms with E-state index in [0.29, 0.717) is 32.5 Å². The number of likely N-dealkylation sites (tertiary alicyclic amines) is 1. The van der Waals surface area contributed by atoms with Crippen LogP contribution in [0.25, 0.3) is 0 Å². The van der Waals surface area contributed by atoms with Crippen molar-refractivity contribution in [1.29, 1.82) is 0 Å². The standard InChI is InChI=1S/C16H25N5O3/c1-3-4-13(2)21-10-16(24-15(21)23)5-7-19(8-6-16)14(22)9-20-12-17-11-18-20/h11-13H,3-10H2,1-2H3/t13-/m0/s1. The second-order valence-electron chi connectivity index (χ2n) is 6.79. The summed E-state index contributed by atoms with van der Waals surface area (Å²) >= 11 is 0. The summed E-state index contributed by atoms with van der Waals surface area (Å²) in [7, 11) is 0. The highest BCUT2D eigenvalue weighted by atomic mass is 16.6. The fourth-order valence-electron chi connectivity index (χ4n) is 3.54. The van der Waals surface area contributed by atoms with Gasteiger partial charge in [-0.15, -0.1) is 0 Å². The molecule has 132 valence electrons. The zero-order chi connectivity index (χ0) is 17.2. The van der Waals surface area contributed by atoms with E-state index < -0.39 is 5.60 Å². The summed E-state index contributed by atoms with van der Waals surface area (Å²) in [5.74, 6) is 0.0240. The van der Waals surface area contributed by atoms with Gasteiger partial charge in [-0.3, -0.25) is 4.79 Å². The van der Waals surface area contributed by atoms with Crippen molar-refractivity contribution in [1.82, 2.24) is 24.6 Å². The molecule has 0 aromatic carbocycles. The van der Waals surface area contributed by atoms with Gasteiger partial charge in [0.2, 0.25) is 5.91 Å². The zero-order valence-corrected chi connectivity index (χ0v) is 14.3. The third kappa shape index (κ3) is 3.37. The van der Waals surface area contributed by atoms with Crippen LogP contribution in [0.5, 0.6) is 0 Å². The predicted octanol–water partition coefficient (Wildman–Crippen LogP) is 1.28. The highest BCUT2D eigenvalue weighted by Gasteiger charge is 2.48. The van der Waals surface area contributed by atoms with Gasteiger partial charge in [0.05, 0.1) is 6.54 Å². The van der Waals surface area contributed by atoms with E-state index in [1.807, 2.05) is 9.80 Å². The number of ether oxygens (including phenoxy) is 1. The maximum atomic E-state index is 12.3. The number of aromatic nitrogens is 3. The number of amides is 2. The van der Waals surface area contributed by atoms with Crippen LogP contribution in [-0.2, 0) is 16.1 Å². The molecule has 2 amide bonds. The Morgan fingerprint density at radius 2 is 2.17 bits per heavy atom. The molecule has 1 atom stereocenters. The monoisotopic (exact) mass is 335 g/mol. The number of rotatable bonds is 5. The van der Waals surface area contributed by atoms with Crippen molar-refractivity contribution < 1.29 is 14.3 Å². The maximum Gasteiger partial charge on any atom is 0.410 e. The lowest BCUT2D eigenvalue weighted by Crippen LogP contribution is -2.49. The van der Waals surface area contributed by atoms with Gasteiger partial charge in [0, 0.05) is 32.0 Å². The third-order valence-corrected chi connectivity index (χ3v) is 5.03. The van der Waals surface area contributed by atoms with E-state index in [0.717, 1.165) is 12.8 Å². The first-order valence-corrected chi connectivity index (χ1v) is 8.63. The van der Waals surface area contributed by atoms with Gasteiger partial charge in [0.1, 0.15) is 24.8 Å². The van der Waals surface area contributed by atoms with Gasteiger partial charge < -0.3 is 14.5 Å². The fraction of sp³-hybridized carbons (Fsp3) is 0.750. The van der Waals surface area contributed by atoms with Crippen LogP contribution in [0, 0.1) is 0 Å². The normalized spacial score (nSPS) is 21.2. The molecule has 0 N–H and O–H groups in total. The number of hydrogen-bond acceptors (Lipinski definition) is 5. The van der Waals surface area contributed by atoms with Gasteiger partial charge in [-0.2, -0.15) is 5.10 Å². The molecule has 1 aromatic rings. The summed E-state index contributed by atoms with van der Waals surface area (Å²) in [5, 5.41) is 3.96. The average Bonchev–Trinajstić information content (AvgIpc) is 3.16. The van der Waals surface area contributed by atoms with Gasteiger partial charge in [0.15, 0.2) is 0 Å². The van der Waals surface area contributed by atoms with Crippen LogP contribution in [0.15, 0.2) is 12.7 Å². The minimum absolute atomic E-state index is 0.0240. The van der Waals surface area contributed by atoms with Crippen molar-refractivity contribution in [2.24, 2.45) is 0 Å². The van der Waals surface area contributed by atoms with E-state index >= 15 is 0 Å². The van der Waals surface area contributed by atoms with Crippen LogP contribution in [-0.4, -0.2) is 67.8 Å². The minimum atomic E-state index is -0.427. The van der Waals surface area contributed by atoms with E-state index in [-0.39, 0.29) is 24.6 Å². The Bertz CT molecular complexity index is 581. The zero-order valence-electron chi connectivity index (χ0n) is 14.3. The lowest BCUT2D eigenvalue weighted by Gasteiger charge is -2.37. The number of carbonyl (C=O) groups is 2. The van der Waals surface area contributed by atoms with Crippen molar-refractivity contribution in [3.05, 3.63) is 12.7 Å². The molecule has 2 saturated heterocycles. The van der Waals surface area contributed by atoms with Crippen molar-refractivity contribution in [3.8, 4) is 0 Å². The second kappa shape index (κ2) is 6.78. The molecule has 8 heteroatoms. The molecular weight excluding hydrogens is 310 g/mol. The Balaban J connectivity index is 1.55. The highest BCUT2D eigenvalue weighted by molar-refractivity contribution is 5.76. The summed E-state index contributed by atoms with van der Waals surface area (Å²) < 4.78 is 7.25. The Hall–Kier alpha value is -2.12. The third-order valence-electron chi connectivity index (χ3n) is 5.03. The minimum Gasteiger partial charge on any atom is -0.441 e. The molecule has 0 unspecified atom stereocenters. The lowest BCUT2D eigenvalue weighted by atomic mass is 9.91. The highest BCUT2D eigenvalue weighted by Crippen LogP contribution is 2.34. The molecule has 24 heavy (non-hydrogen) atoms. The van der Waals surface area contributed by atoms with Gasteiger partial charge >= 0.3 is 6.09 Å². The van der Waals surface area contributed by atoms with Crippen molar-refractivity contribution in [3.63, 3.8) is 0 Å². The first kappa shape index (κ1) is 16.7. The SMILES string of the molecule is CCC[C@H](C)N1CC2(CCN(C(=O)Cn3cncn3)CC2)OC1=O. The molecular formula is C16H25N5O3. The fourth-order valence-corrected chi connectivity index (χ4v) is 3.54. The Kier molecular flexibility index (Phi) is 4.73. The average molecular weight is 335 g/mol. The van der Waals surface area contributed by atoms with Gasteiger partial charge in [-0.05, 0) is 13.3 Å². The number of piperidine rings is 1. The van der Waals surface area contributed by atoms with Crippen LogP contribution >= 0.6 is 0 Å². The van der Waals surface area contributed by atoms with Crippen LogP contribution in [0.4, 0.5) is 4.79 Å². The summed E-state index contributed by atoms with van der Waals surface area (Å²) in [6, 6.07) is 0.203. The number of nitrogens with zero attached hydrogens (tertiary/aromatic N) is 5. The molecule has 0 aliphatic carbocycles. The Labute approximate surface area is 141 Å². The molecule has 1 spiro atoms. The van der Waals surface area contributed by atoms with Crippen LogP contribution in [0.2, 0.25) is 0 Å². The quantitative estimate of drug-likeness (QED) is 0.810. The lowest BCUT2D eigenvalue weighted by molar-refractivity contribution is -0.135. The molecule has 2 fully saturated rings. The van der Waals surface area contributed by atoms with Crippen molar-refractivity contribution >= 4 is 12.0 Å². The second-order valence-corrected chi connectivity index (χ2v) is 6.79. The van der Waals surface area contributed by atoms with Crippen molar-refractivity contribution in [2.75, 3.05) is 19.6 Å². The largest absolute Gasteiger partial charge is 0.441 e. The smallest absolute Gasteiger partial charge is 0.410 e. The molecule has 3 heterocycles. The Morgan fingerprint density at radius 1 is 1.42 bits per heavy atom. The van der Waals surface area contributed by atoms with Gasteiger partial charge in [-0.1, -0.05) is 13.3 Å². The summed E-state index contributed by atoms with van der Waals surface area (Å²) in [6.07, 6.45) is 6.15. The van der Waals surface area contributed by atoms with Crippen LogP contribution in [0.3, 0.4) is 0 Å². The molecule has 1 aromatic heterocycles. The first-order chi connectivity index (χ1) is 11.5. The van der Waals surface area contributed by atoms with E-state index in [2.05, 4.69) is 23.9 Å². The molecule has 3 rings (SSSR count). The first-order valence-electron chi connectivity index (χ1n) is 8.63.